The fourth-order valence-electron chi connectivity index (χ4n) is 1.42. The molecule has 0 aliphatic carbocycles. The highest BCUT2D eigenvalue weighted by molar-refractivity contribution is 7.18. The van der Waals surface area contributed by atoms with Gasteiger partial charge in [0, 0.05) is 19.7 Å². The van der Waals surface area contributed by atoms with Gasteiger partial charge in [-0.05, 0) is 12.1 Å². The van der Waals surface area contributed by atoms with Crippen molar-refractivity contribution in [3.05, 3.63) is 52.9 Å². The van der Waals surface area contributed by atoms with E-state index in [0.717, 1.165) is 15.4 Å². The van der Waals surface area contributed by atoms with Crippen molar-refractivity contribution < 1.29 is 4.79 Å². The molecule has 16 heavy (non-hydrogen) atoms. The lowest BCUT2D eigenvalue weighted by atomic mass is 10.1. The molecule has 82 valence electrons. The Morgan fingerprint density at radius 3 is 2.31 bits per heavy atom. The molecule has 1 aromatic carbocycles. The first-order valence-electron chi connectivity index (χ1n) is 5.05. The van der Waals surface area contributed by atoms with Gasteiger partial charge in [0.15, 0.2) is 0 Å². The Hall–Kier alpha value is -1.61. The maximum Gasteiger partial charge on any atom is 0.203 e. The predicted molar refractivity (Wildman–Crippen MR) is 68.5 cm³/mol. The second-order valence-electron chi connectivity index (χ2n) is 3.73. The van der Waals surface area contributed by atoms with Crippen LogP contribution < -0.4 is 4.90 Å². The maximum absolute atomic E-state index is 12.1. The van der Waals surface area contributed by atoms with Crippen LogP contribution in [-0.4, -0.2) is 19.9 Å². The van der Waals surface area contributed by atoms with E-state index in [1.807, 2.05) is 61.5 Å². The van der Waals surface area contributed by atoms with E-state index in [0.29, 0.717) is 0 Å². The lowest BCUT2D eigenvalue weighted by Gasteiger charge is -2.07. The normalized spacial score (nSPS) is 10.1. The third-order valence-corrected chi connectivity index (χ3v) is 3.54. The number of carbonyl (C=O) groups excluding carboxylic acids is 1. The predicted octanol–water partition coefficient (Wildman–Crippen LogP) is 3.05. The minimum Gasteiger partial charge on any atom is -0.370 e. The van der Waals surface area contributed by atoms with E-state index in [4.69, 9.17) is 0 Å². The van der Waals surface area contributed by atoms with Gasteiger partial charge in [-0.1, -0.05) is 30.3 Å². The highest BCUT2D eigenvalue weighted by Crippen LogP contribution is 2.26. The molecule has 2 nitrogen and oxygen atoms in total. The van der Waals surface area contributed by atoms with Gasteiger partial charge < -0.3 is 4.90 Å². The molecule has 0 fully saturated rings. The molecule has 0 unspecified atom stereocenters. The first-order chi connectivity index (χ1) is 7.68. The lowest BCUT2D eigenvalue weighted by Crippen LogP contribution is -2.05. The molecule has 0 saturated carbocycles. The fraction of sp³-hybridized carbons (Fsp3) is 0.154. The summed E-state index contributed by atoms with van der Waals surface area (Å²) >= 11 is 1.52. The first-order valence-corrected chi connectivity index (χ1v) is 5.87. The van der Waals surface area contributed by atoms with Crippen LogP contribution in [0.25, 0.3) is 0 Å². The van der Waals surface area contributed by atoms with E-state index in [1.165, 1.54) is 11.3 Å². The Balaban J connectivity index is 2.28. The molecule has 0 atom stereocenters. The van der Waals surface area contributed by atoms with Crippen molar-refractivity contribution in [1.29, 1.82) is 0 Å². The molecule has 0 aliphatic rings. The lowest BCUT2D eigenvalue weighted by molar-refractivity contribution is 0.104. The van der Waals surface area contributed by atoms with E-state index in [1.54, 1.807) is 0 Å². The van der Waals surface area contributed by atoms with Gasteiger partial charge in [-0.25, -0.2) is 0 Å². The molecule has 0 amide bonds. The Morgan fingerprint density at radius 1 is 1.06 bits per heavy atom. The molecular weight excluding hydrogens is 218 g/mol. The number of hydrogen-bond donors (Lipinski definition) is 0. The minimum absolute atomic E-state index is 0.0960. The molecule has 0 saturated heterocycles. The van der Waals surface area contributed by atoms with Crippen LogP contribution in [0.4, 0.5) is 5.00 Å². The number of anilines is 1. The van der Waals surface area contributed by atoms with Crippen LogP contribution in [0.2, 0.25) is 0 Å². The molecule has 0 N–H and O–H groups in total. The van der Waals surface area contributed by atoms with Crippen LogP contribution in [0.1, 0.15) is 15.2 Å². The highest BCUT2D eigenvalue weighted by atomic mass is 32.1. The average molecular weight is 231 g/mol. The van der Waals surface area contributed by atoms with Gasteiger partial charge in [-0.15, -0.1) is 11.3 Å². The zero-order chi connectivity index (χ0) is 11.5. The molecule has 1 aromatic heterocycles. The molecule has 0 spiro atoms. The number of benzene rings is 1. The summed E-state index contributed by atoms with van der Waals surface area (Å²) in [5.41, 5.74) is 0.745. The fourth-order valence-corrected chi connectivity index (χ4v) is 2.31. The SMILES string of the molecule is CN(C)c1ccc(C(=O)c2ccccc2)s1. The number of rotatable bonds is 3. The molecule has 2 rings (SSSR count). The zero-order valence-electron chi connectivity index (χ0n) is 9.31. The van der Waals surface area contributed by atoms with E-state index in [-0.39, 0.29) is 5.78 Å². The number of carbonyl (C=O) groups is 1. The number of thiophene rings is 1. The van der Waals surface area contributed by atoms with E-state index in [2.05, 4.69) is 0 Å². The Bertz CT molecular complexity index is 488. The van der Waals surface area contributed by atoms with Gasteiger partial charge in [0.05, 0.1) is 9.88 Å². The van der Waals surface area contributed by atoms with Crippen molar-refractivity contribution in [2.75, 3.05) is 19.0 Å². The Morgan fingerprint density at radius 2 is 1.75 bits per heavy atom. The van der Waals surface area contributed by atoms with Crippen LogP contribution in [0, 0.1) is 0 Å². The van der Waals surface area contributed by atoms with Crippen molar-refractivity contribution in [1.82, 2.24) is 0 Å². The van der Waals surface area contributed by atoms with Gasteiger partial charge in [0.25, 0.3) is 0 Å². The summed E-state index contributed by atoms with van der Waals surface area (Å²) in [7, 11) is 3.95. The summed E-state index contributed by atoms with van der Waals surface area (Å²) < 4.78 is 0. The summed E-state index contributed by atoms with van der Waals surface area (Å²) in [6, 6.07) is 13.2. The molecule has 1 heterocycles. The van der Waals surface area contributed by atoms with Crippen LogP contribution in [0.5, 0.6) is 0 Å². The largest absolute Gasteiger partial charge is 0.370 e. The zero-order valence-corrected chi connectivity index (χ0v) is 10.1. The van der Waals surface area contributed by atoms with E-state index >= 15 is 0 Å². The smallest absolute Gasteiger partial charge is 0.203 e. The summed E-state index contributed by atoms with van der Waals surface area (Å²) in [4.78, 5) is 14.9. The topological polar surface area (TPSA) is 20.3 Å². The van der Waals surface area contributed by atoms with Crippen molar-refractivity contribution in [3.8, 4) is 0 Å². The second-order valence-corrected chi connectivity index (χ2v) is 4.79. The summed E-state index contributed by atoms with van der Waals surface area (Å²) in [6.07, 6.45) is 0. The van der Waals surface area contributed by atoms with Crippen molar-refractivity contribution >= 4 is 22.1 Å². The van der Waals surface area contributed by atoms with Crippen LogP contribution in [-0.2, 0) is 0 Å². The standard InChI is InChI=1S/C13H13NOS/c1-14(2)12-9-8-11(16-12)13(15)10-6-4-3-5-7-10/h3-9H,1-2H3. The summed E-state index contributed by atoms with van der Waals surface area (Å²) in [5.74, 6) is 0.0960. The Kier molecular flexibility index (Phi) is 3.06. The van der Waals surface area contributed by atoms with Gasteiger partial charge in [-0.2, -0.15) is 0 Å². The van der Waals surface area contributed by atoms with E-state index in [9.17, 15) is 4.79 Å². The third-order valence-electron chi connectivity index (χ3n) is 2.29. The molecule has 0 aliphatic heterocycles. The van der Waals surface area contributed by atoms with Gasteiger partial charge >= 0.3 is 0 Å². The van der Waals surface area contributed by atoms with Gasteiger partial charge in [-0.3, -0.25) is 4.79 Å². The number of hydrogen-bond acceptors (Lipinski definition) is 3. The quantitative estimate of drug-likeness (QED) is 0.757. The van der Waals surface area contributed by atoms with Crippen molar-refractivity contribution in [2.24, 2.45) is 0 Å². The molecule has 3 heteroatoms. The van der Waals surface area contributed by atoms with Gasteiger partial charge in [0.1, 0.15) is 0 Å². The number of nitrogens with zero attached hydrogens (tertiary/aromatic N) is 1. The molecule has 0 bridgehead atoms. The Labute approximate surface area is 99.1 Å². The first kappa shape index (κ1) is 10.9. The summed E-state index contributed by atoms with van der Waals surface area (Å²) in [6.45, 7) is 0. The molecule has 2 aromatic rings. The second kappa shape index (κ2) is 4.49. The third kappa shape index (κ3) is 2.14. The average Bonchev–Trinajstić information content (AvgIpc) is 2.78. The molecule has 0 radical (unpaired) electrons. The summed E-state index contributed by atoms with van der Waals surface area (Å²) in [5, 5.41) is 1.10. The highest BCUT2D eigenvalue weighted by Gasteiger charge is 2.11. The van der Waals surface area contributed by atoms with Crippen LogP contribution >= 0.6 is 11.3 Å². The van der Waals surface area contributed by atoms with Crippen LogP contribution in [0.15, 0.2) is 42.5 Å². The molecular formula is C13H13NOS. The maximum atomic E-state index is 12.1. The number of ketones is 1. The monoisotopic (exact) mass is 231 g/mol. The van der Waals surface area contributed by atoms with Crippen molar-refractivity contribution in [2.45, 2.75) is 0 Å². The van der Waals surface area contributed by atoms with E-state index < -0.39 is 0 Å². The minimum atomic E-state index is 0.0960. The van der Waals surface area contributed by atoms with Crippen molar-refractivity contribution in [3.63, 3.8) is 0 Å². The van der Waals surface area contributed by atoms with Crippen LogP contribution in [0.3, 0.4) is 0 Å². The van der Waals surface area contributed by atoms with Gasteiger partial charge in [0.2, 0.25) is 5.78 Å².